The van der Waals surface area contributed by atoms with E-state index in [1.54, 1.807) is 30.0 Å². The van der Waals surface area contributed by atoms with Gasteiger partial charge >= 0.3 is 17.5 Å². The van der Waals surface area contributed by atoms with Crippen LogP contribution in [0.25, 0.3) is 11.0 Å². The van der Waals surface area contributed by atoms with Crippen molar-refractivity contribution in [3.8, 4) is 11.6 Å². The Morgan fingerprint density at radius 1 is 1.27 bits per heavy atom. The van der Waals surface area contributed by atoms with E-state index >= 15 is 0 Å². The summed E-state index contributed by atoms with van der Waals surface area (Å²) >= 11 is 0. The van der Waals surface area contributed by atoms with Crippen molar-refractivity contribution in [2.75, 3.05) is 24.6 Å². The second-order valence-electron chi connectivity index (χ2n) is 6.64. The topological polar surface area (TPSA) is 147 Å². The van der Waals surface area contributed by atoms with E-state index in [-0.39, 0.29) is 29.3 Å². The summed E-state index contributed by atoms with van der Waals surface area (Å²) in [5, 5.41) is 19.2. The molecule has 0 saturated carbocycles. The minimum absolute atomic E-state index is 0.150. The van der Waals surface area contributed by atoms with Gasteiger partial charge in [-0.2, -0.15) is 4.98 Å². The molecule has 3 heterocycles. The molecule has 1 aromatic carbocycles. The fourth-order valence-corrected chi connectivity index (χ4v) is 3.34. The zero-order valence-electron chi connectivity index (χ0n) is 16.1. The van der Waals surface area contributed by atoms with Crippen LogP contribution in [0.2, 0.25) is 0 Å². The number of carbonyl (C=O) groups excluding carboxylic acids is 1. The van der Waals surface area contributed by atoms with Gasteiger partial charge in [0.2, 0.25) is 5.82 Å². The normalized spacial score (nSPS) is 14.6. The van der Waals surface area contributed by atoms with Crippen molar-refractivity contribution in [1.29, 1.82) is 0 Å². The monoisotopic (exact) mass is 414 g/mol. The summed E-state index contributed by atoms with van der Waals surface area (Å²) < 4.78 is 15.4. The van der Waals surface area contributed by atoms with E-state index in [4.69, 9.17) is 9.47 Å². The van der Waals surface area contributed by atoms with Gasteiger partial charge in [-0.1, -0.05) is 0 Å². The molecule has 1 fully saturated rings. The van der Waals surface area contributed by atoms with E-state index in [0.29, 0.717) is 49.3 Å². The summed E-state index contributed by atoms with van der Waals surface area (Å²) in [7, 11) is 0. The van der Waals surface area contributed by atoms with Gasteiger partial charge < -0.3 is 14.4 Å². The number of ether oxygens (including phenoxy) is 2. The van der Waals surface area contributed by atoms with Gasteiger partial charge in [0.15, 0.2) is 0 Å². The zero-order chi connectivity index (χ0) is 21.1. The van der Waals surface area contributed by atoms with Gasteiger partial charge in [-0.05, 0) is 42.2 Å². The van der Waals surface area contributed by atoms with Crippen LogP contribution in [-0.4, -0.2) is 50.9 Å². The maximum Gasteiger partial charge on any atom is 0.373 e. The Labute approximate surface area is 169 Å². The minimum atomic E-state index is -0.571. The molecule has 1 aliphatic rings. The first-order valence-electron chi connectivity index (χ1n) is 9.38. The predicted octanol–water partition coefficient (Wildman–Crippen LogP) is 2.49. The Bertz CT molecular complexity index is 1080. The molecule has 12 heteroatoms. The fourth-order valence-electron chi connectivity index (χ4n) is 3.34. The van der Waals surface area contributed by atoms with Gasteiger partial charge in [0.05, 0.1) is 17.4 Å². The predicted molar refractivity (Wildman–Crippen MR) is 102 cm³/mol. The maximum atomic E-state index is 11.9. The highest BCUT2D eigenvalue weighted by Gasteiger charge is 2.33. The summed E-state index contributed by atoms with van der Waals surface area (Å²) in [6.45, 7) is 2.94. The van der Waals surface area contributed by atoms with Gasteiger partial charge in [-0.15, -0.1) is 0 Å². The summed E-state index contributed by atoms with van der Waals surface area (Å²) in [6.07, 6.45) is 2.25. The van der Waals surface area contributed by atoms with Crippen LogP contribution in [0.5, 0.6) is 11.6 Å². The van der Waals surface area contributed by atoms with E-state index in [9.17, 15) is 14.9 Å². The molecule has 4 rings (SSSR count). The van der Waals surface area contributed by atoms with Crippen molar-refractivity contribution >= 4 is 28.5 Å². The van der Waals surface area contributed by atoms with Gasteiger partial charge in [-0.3, -0.25) is 14.9 Å². The van der Waals surface area contributed by atoms with E-state index < -0.39 is 4.92 Å². The first-order chi connectivity index (χ1) is 14.6. The van der Waals surface area contributed by atoms with Crippen molar-refractivity contribution in [1.82, 2.24) is 20.3 Å². The second-order valence-corrected chi connectivity index (χ2v) is 6.64. The van der Waals surface area contributed by atoms with Gasteiger partial charge in [0.25, 0.3) is 0 Å². The van der Waals surface area contributed by atoms with E-state index in [2.05, 4.69) is 24.9 Å². The van der Waals surface area contributed by atoms with Crippen LogP contribution in [0, 0.1) is 16.0 Å². The number of aromatic nitrogens is 4. The third-order valence-corrected chi connectivity index (χ3v) is 4.81. The molecule has 3 aromatic rings. The van der Waals surface area contributed by atoms with Crippen molar-refractivity contribution in [2.24, 2.45) is 5.92 Å². The molecule has 0 amide bonds. The van der Waals surface area contributed by atoms with Crippen LogP contribution in [0.3, 0.4) is 0 Å². The van der Waals surface area contributed by atoms with E-state index in [1.807, 2.05) is 0 Å². The lowest BCUT2D eigenvalue weighted by Gasteiger charge is -2.31. The molecule has 0 spiro atoms. The number of benzene rings is 1. The lowest BCUT2D eigenvalue weighted by Crippen LogP contribution is -2.37. The Balaban J connectivity index is 1.57. The fraction of sp³-hybridized carbons (Fsp3) is 0.389. The Morgan fingerprint density at radius 2 is 2.03 bits per heavy atom. The molecule has 0 aliphatic carbocycles. The third-order valence-electron chi connectivity index (χ3n) is 4.81. The quantitative estimate of drug-likeness (QED) is 0.333. The minimum Gasteiger partial charge on any atom is -0.466 e. The van der Waals surface area contributed by atoms with Crippen molar-refractivity contribution in [3.05, 3.63) is 34.6 Å². The van der Waals surface area contributed by atoms with Crippen molar-refractivity contribution < 1.29 is 23.8 Å². The number of hydrogen-bond acceptors (Lipinski definition) is 11. The van der Waals surface area contributed by atoms with Crippen LogP contribution in [-0.2, 0) is 9.53 Å². The number of hydrogen-bond donors (Lipinski definition) is 0. The average molecular weight is 414 g/mol. The molecule has 0 radical (unpaired) electrons. The third kappa shape index (κ3) is 3.83. The largest absolute Gasteiger partial charge is 0.466 e. The summed E-state index contributed by atoms with van der Waals surface area (Å²) in [5.41, 5.74) is 0.639. The van der Waals surface area contributed by atoms with Crippen molar-refractivity contribution in [3.63, 3.8) is 0 Å². The molecule has 30 heavy (non-hydrogen) atoms. The van der Waals surface area contributed by atoms with Crippen molar-refractivity contribution in [2.45, 2.75) is 19.8 Å². The number of fused-ring (bicyclic) bond motifs is 1. The molecule has 0 unspecified atom stereocenters. The van der Waals surface area contributed by atoms with E-state index in [0.717, 1.165) is 0 Å². The molecule has 12 nitrogen and oxygen atoms in total. The van der Waals surface area contributed by atoms with Crippen LogP contribution in [0.4, 0.5) is 11.5 Å². The number of nitro groups is 1. The second kappa shape index (κ2) is 8.27. The lowest BCUT2D eigenvalue weighted by molar-refractivity contribution is -0.385. The Kier molecular flexibility index (Phi) is 5.37. The highest BCUT2D eigenvalue weighted by molar-refractivity contribution is 5.75. The highest BCUT2D eigenvalue weighted by Crippen LogP contribution is 2.37. The number of esters is 1. The van der Waals surface area contributed by atoms with Gasteiger partial charge in [0, 0.05) is 19.2 Å². The standard InChI is InChI=1S/C18H18N6O6/c1-2-28-18(25)11-5-7-23(8-6-11)16-15(24(26)27)17(20-10-19-16)29-12-3-4-13-14(9-12)22-30-21-13/h3-4,9-11H,2,5-8H2,1H3. The number of anilines is 1. The number of rotatable bonds is 6. The van der Waals surface area contributed by atoms with Crippen LogP contribution in [0.1, 0.15) is 19.8 Å². The molecular weight excluding hydrogens is 396 g/mol. The zero-order valence-corrected chi connectivity index (χ0v) is 16.1. The van der Waals surface area contributed by atoms with Crippen LogP contribution in [0.15, 0.2) is 29.2 Å². The molecule has 1 aliphatic heterocycles. The molecule has 0 bridgehead atoms. The maximum absolute atomic E-state index is 11.9. The highest BCUT2D eigenvalue weighted by atomic mass is 16.6. The SMILES string of the molecule is CCOC(=O)C1CCN(c2ncnc(Oc3ccc4nonc4c3)c2[N+](=O)[O-])CC1. The Morgan fingerprint density at radius 3 is 2.77 bits per heavy atom. The average Bonchev–Trinajstić information content (AvgIpc) is 3.21. The summed E-state index contributed by atoms with van der Waals surface area (Å²) in [6, 6.07) is 4.75. The smallest absolute Gasteiger partial charge is 0.373 e. The summed E-state index contributed by atoms with van der Waals surface area (Å²) in [5.74, 6) is -0.200. The molecule has 0 N–H and O–H groups in total. The van der Waals surface area contributed by atoms with Gasteiger partial charge in [0.1, 0.15) is 23.1 Å². The van der Waals surface area contributed by atoms with Gasteiger partial charge in [-0.25, -0.2) is 9.61 Å². The Hall–Kier alpha value is -3.83. The van der Waals surface area contributed by atoms with Crippen LogP contribution < -0.4 is 9.64 Å². The molecule has 2 aromatic heterocycles. The number of nitrogens with zero attached hydrogens (tertiary/aromatic N) is 6. The molecular formula is C18H18N6O6. The number of carbonyl (C=O) groups is 1. The molecule has 0 atom stereocenters. The number of piperidine rings is 1. The first kappa shape index (κ1) is 19.5. The first-order valence-corrected chi connectivity index (χ1v) is 9.38. The van der Waals surface area contributed by atoms with E-state index in [1.165, 1.54) is 6.33 Å². The molecule has 1 saturated heterocycles. The molecule has 156 valence electrons. The van der Waals surface area contributed by atoms with Crippen LogP contribution >= 0.6 is 0 Å². The lowest BCUT2D eigenvalue weighted by atomic mass is 9.97. The summed E-state index contributed by atoms with van der Waals surface area (Å²) in [4.78, 5) is 33.0.